The molecule has 1 saturated heterocycles. The summed E-state index contributed by atoms with van der Waals surface area (Å²) in [6.07, 6.45) is 1.33. The van der Waals surface area contributed by atoms with Crippen LogP contribution in [0.2, 0.25) is 10.0 Å². The smallest absolute Gasteiger partial charge is 0.270 e. The van der Waals surface area contributed by atoms with Crippen LogP contribution in [0.15, 0.2) is 42.0 Å². The van der Waals surface area contributed by atoms with E-state index in [1.807, 2.05) is 0 Å². The van der Waals surface area contributed by atoms with Crippen LogP contribution < -0.4 is 24.8 Å². The Hall–Kier alpha value is -3.14. The molecule has 1 fully saturated rings. The van der Waals surface area contributed by atoms with Crippen molar-refractivity contribution in [2.75, 3.05) is 18.6 Å². The van der Waals surface area contributed by atoms with Crippen molar-refractivity contribution >= 4 is 70.1 Å². The molecule has 0 unspecified atom stereocenters. The number of methoxy groups -OCH3 is 1. The molecule has 8 nitrogen and oxygen atoms in total. The van der Waals surface area contributed by atoms with Crippen molar-refractivity contribution in [3.63, 3.8) is 0 Å². The Bertz CT molecular complexity index is 1130. The first-order chi connectivity index (χ1) is 14.7. The largest absolute Gasteiger partial charge is 0.546 e. The first-order valence-electron chi connectivity index (χ1n) is 8.59. The number of carboxylic acid groups (broad SMARTS) is 1. The molecule has 2 amide bonds. The molecule has 0 saturated carbocycles. The summed E-state index contributed by atoms with van der Waals surface area (Å²) in [4.78, 5) is 37.2. The molecule has 2 aromatic carbocycles. The predicted molar refractivity (Wildman–Crippen MR) is 116 cm³/mol. The Morgan fingerprint density at radius 2 is 1.97 bits per heavy atom. The van der Waals surface area contributed by atoms with Gasteiger partial charge in [0.1, 0.15) is 12.2 Å². The molecule has 0 aromatic heterocycles. The zero-order chi connectivity index (χ0) is 22.7. The lowest BCUT2D eigenvalue weighted by molar-refractivity contribution is -0.307. The zero-order valence-corrected chi connectivity index (χ0v) is 18.1. The standard InChI is InChI=1S/C20H14Cl2N2O6S/c1-29-15-8-10(5-6-14(15)30-9-16(25)26)7-11-18(27)23-20(31)24(19(11)28)13-4-2-3-12(21)17(13)22/h2-8H,9H2,1H3,(H,25,26)(H,23,27,31)/p-1/b11-7+. The second-order valence-electron chi connectivity index (χ2n) is 6.10. The zero-order valence-electron chi connectivity index (χ0n) is 15.8. The minimum absolute atomic E-state index is 0.103. The Kier molecular flexibility index (Phi) is 6.79. The van der Waals surface area contributed by atoms with Gasteiger partial charge < -0.3 is 19.4 Å². The van der Waals surface area contributed by atoms with E-state index in [1.54, 1.807) is 18.2 Å². The number of rotatable bonds is 6. The summed E-state index contributed by atoms with van der Waals surface area (Å²) >= 11 is 17.4. The van der Waals surface area contributed by atoms with Gasteiger partial charge in [0.2, 0.25) is 0 Å². The van der Waals surface area contributed by atoms with Crippen molar-refractivity contribution in [1.82, 2.24) is 5.32 Å². The number of aliphatic carboxylic acids is 1. The van der Waals surface area contributed by atoms with Gasteiger partial charge in [-0.3, -0.25) is 19.8 Å². The van der Waals surface area contributed by atoms with E-state index < -0.39 is 24.4 Å². The minimum Gasteiger partial charge on any atom is -0.546 e. The van der Waals surface area contributed by atoms with E-state index in [1.165, 1.54) is 31.4 Å². The van der Waals surface area contributed by atoms with E-state index in [9.17, 15) is 19.5 Å². The van der Waals surface area contributed by atoms with Gasteiger partial charge in [-0.05, 0) is 48.1 Å². The van der Waals surface area contributed by atoms with E-state index in [2.05, 4.69) is 5.32 Å². The number of hydrogen-bond donors (Lipinski definition) is 1. The highest BCUT2D eigenvalue weighted by Crippen LogP contribution is 2.35. The molecule has 0 bridgehead atoms. The monoisotopic (exact) mass is 479 g/mol. The minimum atomic E-state index is -1.39. The molecule has 1 aliphatic heterocycles. The summed E-state index contributed by atoms with van der Waals surface area (Å²) in [7, 11) is 1.36. The number of ether oxygens (including phenoxy) is 2. The first-order valence-corrected chi connectivity index (χ1v) is 9.75. The van der Waals surface area contributed by atoms with E-state index in [0.29, 0.717) is 5.56 Å². The third kappa shape index (κ3) is 4.79. The highest BCUT2D eigenvalue weighted by molar-refractivity contribution is 7.80. The lowest BCUT2D eigenvalue weighted by Crippen LogP contribution is -2.54. The van der Waals surface area contributed by atoms with E-state index in [4.69, 9.17) is 44.9 Å². The Morgan fingerprint density at radius 1 is 1.23 bits per heavy atom. The molecule has 31 heavy (non-hydrogen) atoms. The van der Waals surface area contributed by atoms with Crippen molar-refractivity contribution in [3.05, 3.63) is 57.6 Å². The van der Waals surface area contributed by atoms with Crippen LogP contribution >= 0.6 is 35.4 Å². The maximum Gasteiger partial charge on any atom is 0.270 e. The lowest BCUT2D eigenvalue weighted by atomic mass is 10.1. The second kappa shape index (κ2) is 9.34. The van der Waals surface area contributed by atoms with Gasteiger partial charge in [-0.15, -0.1) is 0 Å². The third-order valence-electron chi connectivity index (χ3n) is 4.12. The predicted octanol–water partition coefficient (Wildman–Crippen LogP) is 1.96. The van der Waals surface area contributed by atoms with Crippen LogP contribution in [0.4, 0.5) is 5.69 Å². The van der Waals surface area contributed by atoms with Crippen LogP contribution in [-0.2, 0) is 14.4 Å². The Labute approximate surface area is 191 Å². The Balaban J connectivity index is 1.98. The molecule has 160 valence electrons. The quantitative estimate of drug-likeness (QED) is 0.383. The number of carbonyl (C=O) groups excluding carboxylic acids is 3. The van der Waals surface area contributed by atoms with Gasteiger partial charge in [0.05, 0.1) is 28.8 Å². The van der Waals surface area contributed by atoms with E-state index in [0.717, 1.165) is 4.90 Å². The van der Waals surface area contributed by atoms with Gasteiger partial charge in [-0.2, -0.15) is 0 Å². The molecule has 2 aromatic rings. The molecule has 3 rings (SSSR count). The molecular weight excluding hydrogens is 467 g/mol. The average molecular weight is 480 g/mol. The normalized spacial score (nSPS) is 15.1. The first kappa shape index (κ1) is 22.5. The van der Waals surface area contributed by atoms with Crippen molar-refractivity contribution < 1.29 is 29.0 Å². The van der Waals surface area contributed by atoms with Gasteiger partial charge in [0.15, 0.2) is 16.6 Å². The van der Waals surface area contributed by atoms with Gasteiger partial charge in [-0.1, -0.05) is 35.3 Å². The number of thiocarbonyl (C=S) groups is 1. The van der Waals surface area contributed by atoms with Gasteiger partial charge in [0.25, 0.3) is 11.8 Å². The summed E-state index contributed by atoms with van der Waals surface area (Å²) < 4.78 is 10.3. The number of carbonyl (C=O) groups is 3. The molecular formula is C20H13Cl2N2O6S-. The van der Waals surface area contributed by atoms with Crippen LogP contribution in [-0.4, -0.2) is 36.6 Å². The van der Waals surface area contributed by atoms with E-state index >= 15 is 0 Å². The number of nitrogens with one attached hydrogen (secondary N) is 1. The maximum atomic E-state index is 13.1. The maximum absolute atomic E-state index is 13.1. The Morgan fingerprint density at radius 3 is 2.65 bits per heavy atom. The molecule has 1 aliphatic rings. The fourth-order valence-corrected chi connectivity index (χ4v) is 3.39. The van der Waals surface area contributed by atoms with Crippen LogP contribution in [0.5, 0.6) is 11.5 Å². The fourth-order valence-electron chi connectivity index (χ4n) is 2.74. The molecule has 0 atom stereocenters. The molecule has 1 heterocycles. The fraction of sp³-hybridized carbons (Fsp3) is 0.100. The van der Waals surface area contributed by atoms with Gasteiger partial charge >= 0.3 is 0 Å². The summed E-state index contributed by atoms with van der Waals surface area (Å²) in [5.74, 6) is -2.44. The van der Waals surface area contributed by atoms with Crippen molar-refractivity contribution in [1.29, 1.82) is 0 Å². The second-order valence-corrected chi connectivity index (χ2v) is 7.27. The van der Waals surface area contributed by atoms with Gasteiger partial charge in [-0.25, -0.2) is 0 Å². The molecule has 11 heteroatoms. The lowest BCUT2D eigenvalue weighted by Gasteiger charge is -2.29. The van der Waals surface area contributed by atoms with Crippen LogP contribution in [0.1, 0.15) is 5.56 Å². The summed E-state index contributed by atoms with van der Waals surface area (Å²) in [6.45, 7) is -0.662. The number of hydrogen-bond acceptors (Lipinski definition) is 7. The molecule has 0 aliphatic carbocycles. The number of carboxylic acids is 1. The summed E-state index contributed by atoms with van der Waals surface area (Å²) in [5.41, 5.74) is 0.426. The summed E-state index contributed by atoms with van der Waals surface area (Å²) in [5, 5.41) is 13.2. The highest BCUT2D eigenvalue weighted by Gasteiger charge is 2.35. The summed E-state index contributed by atoms with van der Waals surface area (Å²) in [6, 6.07) is 9.12. The number of nitrogens with zero attached hydrogens (tertiary/aromatic N) is 1. The number of benzene rings is 2. The SMILES string of the molecule is COc1cc(/C=C2\C(=O)NC(=S)N(c3cccc(Cl)c3Cl)C2=O)ccc1OCC(=O)[O-]. The number of anilines is 1. The average Bonchev–Trinajstić information content (AvgIpc) is 2.72. The van der Waals surface area contributed by atoms with Crippen molar-refractivity contribution in [2.24, 2.45) is 0 Å². The van der Waals surface area contributed by atoms with Crippen LogP contribution in [0, 0.1) is 0 Å². The van der Waals surface area contributed by atoms with Crippen molar-refractivity contribution in [2.45, 2.75) is 0 Å². The topological polar surface area (TPSA) is 108 Å². The van der Waals surface area contributed by atoms with E-state index in [-0.39, 0.29) is 37.9 Å². The highest BCUT2D eigenvalue weighted by atomic mass is 35.5. The van der Waals surface area contributed by atoms with Crippen LogP contribution in [0.3, 0.4) is 0 Å². The molecule has 0 radical (unpaired) electrons. The number of halogens is 2. The third-order valence-corrected chi connectivity index (χ3v) is 5.21. The van der Waals surface area contributed by atoms with Gasteiger partial charge in [0, 0.05) is 0 Å². The molecule has 0 spiro atoms. The van der Waals surface area contributed by atoms with Crippen molar-refractivity contribution in [3.8, 4) is 11.5 Å². The molecule has 1 N–H and O–H groups in total. The van der Waals surface area contributed by atoms with Crippen LogP contribution in [0.25, 0.3) is 6.08 Å². The number of amides is 2.